The number of hydrogen-bond donors (Lipinski definition) is 1. The second-order valence-electron chi connectivity index (χ2n) is 10.5. The first-order chi connectivity index (χ1) is 18.7. The highest BCUT2D eigenvalue weighted by Crippen LogP contribution is 2.38. The molecule has 3 heterocycles. The van der Waals surface area contributed by atoms with Crippen molar-refractivity contribution in [1.82, 2.24) is 13.1 Å². The Labute approximate surface area is 236 Å². The average Bonchev–Trinajstić information content (AvgIpc) is 3.25. The lowest BCUT2D eigenvalue weighted by molar-refractivity contribution is 0.0786. The van der Waals surface area contributed by atoms with Crippen LogP contribution in [0.15, 0.2) is 87.5 Å². The zero-order valence-electron chi connectivity index (χ0n) is 22.6. The van der Waals surface area contributed by atoms with E-state index in [0.717, 1.165) is 15.1 Å². The number of fused-ring (bicyclic) bond motifs is 1. The van der Waals surface area contributed by atoms with Crippen molar-refractivity contribution in [2.75, 3.05) is 0 Å². The van der Waals surface area contributed by atoms with E-state index in [0.29, 0.717) is 22.3 Å². The maximum absolute atomic E-state index is 13.7. The Morgan fingerprint density at radius 2 is 1.50 bits per heavy atom. The van der Waals surface area contributed by atoms with Gasteiger partial charge in [-0.25, -0.2) is 12.4 Å². The highest BCUT2D eigenvalue weighted by molar-refractivity contribution is 7.90. The first kappa shape index (κ1) is 27.6. The minimum atomic E-state index is -4.23. The summed E-state index contributed by atoms with van der Waals surface area (Å²) < 4.78 is 31.0. The molecular weight excluding hydrogens is 550 g/mol. The largest absolute Gasteiger partial charge is 0.386 e. The molecule has 0 bridgehead atoms. The fourth-order valence-corrected chi connectivity index (χ4v) is 6.63. The SMILES string of the molecule is Cc1ccc(S(=O)(=O)n2c(Cl)cc3c(-c4cc(=O)n(C)cc4-c4cccc(C(C)(C)O)c4)cn(C)c(=O)c32)cc1. The van der Waals surface area contributed by atoms with Crippen LogP contribution in [-0.2, 0) is 29.7 Å². The normalized spacial score (nSPS) is 12.3. The van der Waals surface area contributed by atoms with Gasteiger partial charge in [-0.05, 0) is 61.7 Å². The summed E-state index contributed by atoms with van der Waals surface area (Å²) in [5.41, 5.74) is 1.80. The van der Waals surface area contributed by atoms with Crippen LogP contribution >= 0.6 is 11.6 Å². The average molecular weight is 578 g/mol. The Bertz CT molecular complexity index is 2030. The summed E-state index contributed by atoms with van der Waals surface area (Å²) in [6, 6.07) is 16.5. The molecule has 0 aliphatic heterocycles. The fourth-order valence-electron chi connectivity index (χ4n) is 4.77. The number of aromatic nitrogens is 3. The number of halogens is 1. The standard InChI is InChI=1S/C30H28ClN3O5S/c1-18-9-11-21(12-10-18)40(38,39)34-26(31)14-23-25(17-33(5)29(36)28(23)34)22-15-27(35)32(4)16-24(22)19-7-6-8-20(13-19)30(2,3)37/h6-17,37H,1-5H3. The van der Waals surface area contributed by atoms with Crippen molar-refractivity contribution in [2.24, 2.45) is 14.1 Å². The van der Waals surface area contributed by atoms with Crippen molar-refractivity contribution in [3.63, 3.8) is 0 Å². The van der Waals surface area contributed by atoms with E-state index in [4.69, 9.17) is 11.6 Å². The summed E-state index contributed by atoms with van der Waals surface area (Å²) in [4.78, 5) is 26.3. The molecule has 1 N–H and O–H groups in total. The van der Waals surface area contributed by atoms with Gasteiger partial charge >= 0.3 is 0 Å². The predicted molar refractivity (Wildman–Crippen MR) is 157 cm³/mol. The molecule has 0 aliphatic rings. The molecule has 0 unspecified atom stereocenters. The highest BCUT2D eigenvalue weighted by atomic mass is 35.5. The maximum Gasteiger partial charge on any atom is 0.275 e. The molecule has 0 radical (unpaired) electrons. The number of aliphatic hydroxyl groups is 1. The van der Waals surface area contributed by atoms with Gasteiger partial charge in [0.15, 0.2) is 0 Å². The zero-order chi connectivity index (χ0) is 29.1. The minimum Gasteiger partial charge on any atom is -0.386 e. The molecule has 0 saturated heterocycles. The summed E-state index contributed by atoms with van der Waals surface area (Å²) in [5, 5.41) is 10.7. The monoisotopic (exact) mass is 577 g/mol. The molecule has 0 saturated carbocycles. The molecule has 0 fully saturated rings. The Morgan fingerprint density at radius 3 is 2.15 bits per heavy atom. The van der Waals surface area contributed by atoms with Crippen LogP contribution in [0.5, 0.6) is 0 Å². The van der Waals surface area contributed by atoms with Crippen LogP contribution in [0.4, 0.5) is 0 Å². The van der Waals surface area contributed by atoms with Crippen LogP contribution in [0.1, 0.15) is 25.0 Å². The second-order valence-corrected chi connectivity index (χ2v) is 12.6. The lowest BCUT2D eigenvalue weighted by Gasteiger charge is -2.20. The van der Waals surface area contributed by atoms with Gasteiger partial charge in [0, 0.05) is 49.1 Å². The van der Waals surface area contributed by atoms with Crippen LogP contribution in [0.2, 0.25) is 5.15 Å². The summed E-state index contributed by atoms with van der Waals surface area (Å²) in [7, 11) is -1.08. The van der Waals surface area contributed by atoms with Crippen molar-refractivity contribution in [3.05, 3.63) is 110 Å². The van der Waals surface area contributed by atoms with Gasteiger partial charge in [-0.3, -0.25) is 9.59 Å². The molecule has 0 spiro atoms. The lowest BCUT2D eigenvalue weighted by Crippen LogP contribution is -2.23. The van der Waals surface area contributed by atoms with Gasteiger partial charge in [-0.15, -0.1) is 0 Å². The molecule has 5 aromatic rings. The van der Waals surface area contributed by atoms with Crippen LogP contribution < -0.4 is 11.1 Å². The van der Waals surface area contributed by atoms with Crippen LogP contribution in [-0.4, -0.2) is 26.6 Å². The molecule has 0 amide bonds. The third-order valence-corrected chi connectivity index (χ3v) is 9.12. The van der Waals surface area contributed by atoms with E-state index < -0.39 is 21.2 Å². The molecule has 5 rings (SSSR count). The Balaban J connectivity index is 1.86. The zero-order valence-corrected chi connectivity index (χ0v) is 24.2. The van der Waals surface area contributed by atoms with E-state index in [9.17, 15) is 23.1 Å². The third-order valence-electron chi connectivity index (χ3n) is 7.01. The van der Waals surface area contributed by atoms with E-state index >= 15 is 0 Å². The Hall–Kier alpha value is -3.92. The fraction of sp³-hybridized carbons (Fsp3) is 0.200. The Morgan fingerprint density at radius 1 is 0.850 bits per heavy atom. The molecule has 2 aromatic carbocycles. The molecule has 40 heavy (non-hydrogen) atoms. The van der Waals surface area contributed by atoms with Crippen LogP contribution in [0.3, 0.4) is 0 Å². The van der Waals surface area contributed by atoms with Crippen molar-refractivity contribution in [3.8, 4) is 22.3 Å². The smallest absolute Gasteiger partial charge is 0.275 e. The van der Waals surface area contributed by atoms with Gasteiger partial charge < -0.3 is 14.2 Å². The third kappa shape index (κ3) is 4.60. The number of rotatable bonds is 5. The van der Waals surface area contributed by atoms with Gasteiger partial charge in [0.1, 0.15) is 10.7 Å². The highest BCUT2D eigenvalue weighted by Gasteiger charge is 2.27. The van der Waals surface area contributed by atoms with E-state index in [1.54, 1.807) is 45.4 Å². The quantitative estimate of drug-likeness (QED) is 0.323. The number of aryl methyl sites for hydroxylation is 3. The predicted octanol–water partition coefficient (Wildman–Crippen LogP) is 4.80. The number of nitrogens with zero attached hydrogens (tertiary/aromatic N) is 3. The molecule has 0 atom stereocenters. The van der Waals surface area contributed by atoms with E-state index in [-0.39, 0.29) is 26.5 Å². The van der Waals surface area contributed by atoms with Crippen molar-refractivity contribution >= 4 is 32.5 Å². The topological polar surface area (TPSA) is 103 Å². The van der Waals surface area contributed by atoms with Gasteiger partial charge in [-0.2, -0.15) is 0 Å². The van der Waals surface area contributed by atoms with Crippen molar-refractivity contribution in [2.45, 2.75) is 31.3 Å². The van der Waals surface area contributed by atoms with E-state index in [1.807, 2.05) is 31.2 Å². The Kier molecular flexibility index (Phi) is 6.65. The van der Waals surface area contributed by atoms with Gasteiger partial charge in [-0.1, -0.05) is 47.5 Å². The summed E-state index contributed by atoms with van der Waals surface area (Å²) in [6.07, 6.45) is 3.25. The second kappa shape index (κ2) is 9.62. The molecular formula is C30H28ClN3O5S. The van der Waals surface area contributed by atoms with E-state index in [2.05, 4.69) is 0 Å². The van der Waals surface area contributed by atoms with E-state index in [1.165, 1.54) is 40.4 Å². The number of pyridine rings is 2. The van der Waals surface area contributed by atoms with Crippen molar-refractivity contribution in [1.29, 1.82) is 0 Å². The van der Waals surface area contributed by atoms with Crippen LogP contribution in [0.25, 0.3) is 33.2 Å². The summed E-state index contributed by atoms with van der Waals surface area (Å²) in [5.74, 6) is 0. The summed E-state index contributed by atoms with van der Waals surface area (Å²) in [6.45, 7) is 5.21. The first-order valence-corrected chi connectivity index (χ1v) is 14.3. The number of benzene rings is 2. The number of hydrogen-bond acceptors (Lipinski definition) is 5. The lowest BCUT2D eigenvalue weighted by atomic mass is 9.91. The first-order valence-electron chi connectivity index (χ1n) is 12.5. The molecule has 206 valence electrons. The van der Waals surface area contributed by atoms with Crippen molar-refractivity contribution < 1.29 is 13.5 Å². The molecule has 0 aliphatic carbocycles. The maximum atomic E-state index is 13.7. The minimum absolute atomic E-state index is 0.0114. The van der Waals surface area contributed by atoms with Gasteiger partial charge in [0.05, 0.1) is 10.5 Å². The van der Waals surface area contributed by atoms with Gasteiger partial charge in [0.25, 0.3) is 21.1 Å². The van der Waals surface area contributed by atoms with Gasteiger partial charge in [0.2, 0.25) is 0 Å². The molecule has 10 heteroatoms. The molecule has 3 aromatic heterocycles. The van der Waals surface area contributed by atoms with Crippen LogP contribution in [0, 0.1) is 6.92 Å². The molecule has 8 nitrogen and oxygen atoms in total. The summed E-state index contributed by atoms with van der Waals surface area (Å²) >= 11 is 6.54.